The summed E-state index contributed by atoms with van der Waals surface area (Å²) in [5.74, 6) is 0. The number of hydrogen-bond donors (Lipinski definition) is 0. The first kappa shape index (κ1) is 16.1. The van der Waals surface area contributed by atoms with E-state index in [-0.39, 0.29) is 0 Å². The van der Waals surface area contributed by atoms with Crippen LogP contribution in [0.1, 0.15) is 11.3 Å². The quantitative estimate of drug-likeness (QED) is 0.667. The van der Waals surface area contributed by atoms with Gasteiger partial charge in [0, 0.05) is 5.39 Å². The first-order valence-corrected chi connectivity index (χ1v) is 9.35. The van der Waals surface area contributed by atoms with E-state index in [0.717, 1.165) is 5.39 Å². The van der Waals surface area contributed by atoms with E-state index in [4.69, 9.17) is 23.2 Å². The summed E-state index contributed by atoms with van der Waals surface area (Å²) < 4.78 is 25.8. The molecule has 118 valence electrons. The number of nitrogens with zero attached hydrogens (tertiary/aromatic N) is 1. The maximum absolute atomic E-state index is 12.3. The summed E-state index contributed by atoms with van der Waals surface area (Å²) in [6.45, 7) is 4.05. The molecule has 0 aliphatic rings. The van der Waals surface area contributed by atoms with Crippen LogP contribution < -0.4 is 0 Å². The minimum absolute atomic E-state index is 0.396. The van der Waals surface area contributed by atoms with Gasteiger partial charge in [-0.05, 0) is 35.4 Å². The van der Waals surface area contributed by atoms with Crippen LogP contribution in [0.15, 0.2) is 55.1 Å². The molecule has 2 aromatic carbocycles. The number of fused-ring (bicyclic) bond motifs is 1. The normalized spacial score (nSPS) is 11.8. The minimum Gasteiger partial charge on any atom is -0.237 e. The largest absolute Gasteiger partial charge is 0.237 e. The van der Waals surface area contributed by atoms with Crippen LogP contribution in [0.4, 0.5) is 0 Å². The van der Waals surface area contributed by atoms with Gasteiger partial charge in [0.15, 0.2) is 0 Å². The van der Waals surface area contributed by atoms with Crippen molar-refractivity contribution < 1.29 is 8.42 Å². The Morgan fingerprint density at radius 2 is 1.74 bits per heavy atom. The molecular formula is C17H13Cl2NO2S. The van der Waals surface area contributed by atoms with E-state index in [1.807, 2.05) is 12.1 Å². The molecule has 1 heterocycles. The summed E-state index contributed by atoms with van der Waals surface area (Å²) in [5.41, 5.74) is 2.40. The lowest BCUT2D eigenvalue weighted by Crippen LogP contribution is -2.12. The van der Waals surface area contributed by atoms with Gasteiger partial charge in [0.1, 0.15) is 0 Å². The SMILES string of the molecule is C=C(c1ccc(Cl)c(Cl)c1)c1cc2ccccc2n1S(C)(=O)=O. The van der Waals surface area contributed by atoms with Gasteiger partial charge in [-0.25, -0.2) is 12.4 Å². The topological polar surface area (TPSA) is 39.1 Å². The molecule has 0 unspecified atom stereocenters. The maximum Gasteiger partial charge on any atom is 0.236 e. The molecule has 0 saturated carbocycles. The molecule has 3 rings (SSSR count). The lowest BCUT2D eigenvalue weighted by atomic mass is 10.0. The van der Waals surface area contributed by atoms with Crippen LogP contribution in [-0.2, 0) is 10.0 Å². The predicted octanol–water partition coefficient (Wildman–Crippen LogP) is 4.82. The molecule has 0 amide bonds. The molecular weight excluding hydrogens is 353 g/mol. The fraction of sp³-hybridized carbons (Fsp3) is 0.0588. The first-order valence-electron chi connectivity index (χ1n) is 6.75. The lowest BCUT2D eigenvalue weighted by Gasteiger charge is -2.11. The number of rotatable bonds is 3. The van der Waals surface area contributed by atoms with E-state index < -0.39 is 10.0 Å². The number of aromatic nitrogens is 1. The highest BCUT2D eigenvalue weighted by Gasteiger charge is 2.19. The molecule has 0 bridgehead atoms. The van der Waals surface area contributed by atoms with Crippen LogP contribution in [0, 0.1) is 0 Å². The standard InChI is InChI=1S/C17H13Cl2NO2S/c1-11(12-7-8-14(18)15(19)9-12)17-10-13-5-3-4-6-16(13)20(17)23(2,21)22/h3-10H,1H2,2H3. The van der Waals surface area contributed by atoms with Gasteiger partial charge >= 0.3 is 0 Å². The van der Waals surface area contributed by atoms with Gasteiger partial charge in [-0.3, -0.25) is 0 Å². The Bertz CT molecular complexity index is 1040. The summed E-state index contributed by atoms with van der Waals surface area (Å²) in [5, 5.41) is 1.66. The third kappa shape index (κ3) is 2.90. The number of hydrogen-bond acceptors (Lipinski definition) is 2. The second-order valence-electron chi connectivity index (χ2n) is 5.22. The molecule has 23 heavy (non-hydrogen) atoms. The van der Waals surface area contributed by atoms with E-state index in [0.29, 0.717) is 32.4 Å². The van der Waals surface area contributed by atoms with Crippen LogP contribution in [0.3, 0.4) is 0 Å². The molecule has 0 fully saturated rings. The first-order chi connectivity index (χ1) is 10.8. The Labute approximate surface area is 144 Å². The molecule has 0 spiro atoms. The molecule has 0 saturated heterocycles. The summed E-state index contributed by atoms with van der Waals surface area (Å²) >= 11 is 12.0. The van der Waals surface area contributed by atoms with Gasteiger partial charge < -0.3 is 0 Å². The number of benzene rings is 2. The highest BCUT2D eigenvalue weighted by atomic mass is 35.5. The van der Waals surface area contributed by atoms with Crippen molar-refractivity contribution in [1.82, 2.24) is 3.97 Å². The van der Waals surface area contributed by atoms with Gasteiger partial charge in [-0.2, -0.15) is 0 Å². The van der Waals surface area contributed by atoms with Crippen LogP contribution in [0.5, 0.6) is 0 Å². The summed E-state index contributed by atoms with van der Waals surface area (Å²) in [4.78, 5) is 0. The van der Waals surface area contributed by atoms with Crippen molar-refractivity contribution in [3.63, 3.8) is 0 Å². The van der Waals surface area contributed by atoms with Crippen LogP contribution in [0.2, 0.25) is 10.0 Å². The number of para-hydroxylation sites is 1. The van der Waals surface area contributed by atoms with Gasteiger partial charge in [0.2, 0.25) is 10.0 Å². The van der Waals surface area contributed by atoms with Crippen molar-refractivity contribution in [3.05, 3.63) is 76.4 Å². The van der Waals surface area contributed by atoms with Crippen LogP contribution in [0.25, 0.3) is 16.5 Å². The Morgan fingerprint density at radius 3 is 2.39 bits per heavy atom. The third-order valence-corrected chi connectivity index (χ3v) is 5.37. The lowest BCUT2D eigenvalue weighted by molar-refractivity contribution is 0.595. The summed E-state index contributed by atoms with van der Waals surface area (Å²) in [6.07, 6.45) is 1.17. The Hall–Kier alpha value is -1.75. The summed E-state index contributed by atoms with van der Waals surface area (Å²) in [7, 11) is -3.49. The van der Waals surface area contributed by atoms with Gasteiger partial charge in [-0.1, -0.05) is 54.0 Å². The van der Waals surface area contributed by atoms with Crippen molar-refractivity contribution in [2.24, 2.45) is 0 Å². The van der Waals surface area contributed by atoms with Crippen molar-refractivity contribution >= 4 is 49.7 Å². The Balaban J connectivity index is 2.27. The van der Waals surface area contributed by atoms with Crippen molar-refractivity contribution in [2.45, 2.75) is 0 Å². The minimum atomic E-state index is -3.49. The molecule has 0 N–H and O–H groups in total. The molecule has 3 aromatic rings. The Morgan fingerprint density at radius 1 is 1.04 bits per heavy atom. The molecule has 0 radical (unpaired) electrons. The molecule has 3 nitrogen and oxygen atoms in total. The molecule has 6 heteroatoms. The smallest absolute Gasteiger partial charge is 0.236 e. The van der Waals surface area contributed by atoms with E-state index in [1.54, 1.807) is 36.4 Å². The number of halogens is 2. The summed E-state index contributed by atoms with van der Waals surface area (Å²) in [6, 6.07) is 14.2. The third-order valence-electron chi connectivity index (χ3n) is 3.58. The average Bonchev–Trinajstić information content (AvgIpc) is 2.88. The highest BCUT2D eigenvalue weighted by Crippen LogP contribution is 2.32. The van der Waals surface area contributed by atoms with Crippen molar-refractivity contribution in [1.29, 1.82) is 0 Å². The monoisotopic (exact) mass is 365 g/mol. The van der Waals surface area contributed by atoms with Gasteiger partial charge in [0.25, 0.3) is 0 Å². The van der Waals surface area contributed by atoms with Gasteiger partial charge in [0.05, 0.1) is 27.5 Å². The van der Waals surface area contributed by atoms with Crippen molar-refractivity contribution in [2.75, 3.05) is 6.26 Å². The van der Waals surface area contributed by atoms with E-state index in [9.17, 15) is 8.42 Å². The zero-order valence-corrected chi connectivity index (χ0v) is 14.6. The predicted molar refractivity (Wildman–Crippen MR) is 96.8 cm³/mol. The van der Waals surface area contributed by atoms with Gasteiger partial charge in [-0.15, -0.1) is 0 Å². The fourth-order valence-electron chi connectivity index (χ4n) is 2.53. The van der Waals surface area contributed by atoms with E-state index in [2.05, 4.69) is 6.58 Å². The Kier molecular flexibility index (Phi) is 4.00. The zero-order chi connectivity index (χ0) is 16.8. The van der Waals surface area contributed by atoms with E-state index in [1.165, 1.54) is 10.2 Å². The molecule has 0 atom stereocenters. The fourth-order valence-corrected chi connectivity index (χ4v) is 3.87. The van der Waals surface area contributed by atoms with Crippen molar-refractivity contribution in [3.8, 4) is 0 Å². The average molecular weight is 366 g/mol. The molecule has 0 aliphatic carbocycles. The van der Waals surface area contributed by atoms with E-state index >= 15 is 0 Å². The molecule has 0 aliphatic heterocycles. The molecule has 1 aromatic heterocycles. The van der Waals surface area contributed by atoms with Crippen LogP contribution >= 0.6 is 23.2 Å². The highest BCUT2D eigenvalue weighted by molar-refractivity contribution is 7.89. The zero-order valence-electron chi connectivity index (χ0n) is 12.3. The second kappa shape index (κ2) is 5.71. The van der Waals surface area contributed by atoms with Crippen LogP contribution in [-0.4, -0.2) is 18.6 Å². The maximum atomic E-state index is 12.3. The second-order valence-corrected chi connectivity index (χ2v) is 7.87.